The molecule has 0 N–H and O–H groups in total. The fourth-order valence-electron chi connectivity index (χ4n) is 1.86. The van der Waals surface area contributed by atoms with Crippen molar-refractivity contribution in [1.29, 1.82) is 5.26 Å². The van der Waals surface area contributed by atoms with Crippen molar-refractivity contribution in [2.45, 2.75) is 25.6 Å². The Balaban J connectivity index is 2.72. The van der Waals surface area contributed by atoms with E-state index in [0.717, 1.165) is 12.1 Å². The fraction of sp³-hybridized carbons (Fsp3) is 0.385. The summed E-state index contributed by atoms with van der Waals surface area (Å²) in [6, 6.07) is 5.25. The highest BCUT2D eigenvalue weighted by Crippen LogP contribution is 2.35. The molecule has 0 saturated carbocycles. The minimum atomic E-state index is -4.43. The highest BCUT2D eigenvalue weighted by molar-refractivity contribution is 5.85. The van der Waals surface area contributed by atoms with Crippen molar-refractivity contribution in [2.75, 3.05) is 7.11 Å². The number of hydrogen-bond acceptors (Lipinski definition) is 3. The van der Waals surface area contributed by atoms with Crippen LogP contribution in [0.2, 0.25) is 0 Å². The van der Waals surface area contributed by atoms with E-state index in [4.69, 9.17) is 10.00 Å². The number of ether oxygens (including phenoxy) is 1. The largest absolute Gasteiger partial charge is 0.481 e. The zero-order valence-electron chi connectivity index (χ0n) is 11.1. The normalized spacial score (nSPS) is 12.4. The molecule has 2 rings (SSSR count). The van der Waals surface area contributed by atoms with E-state index in [-0.39, 0.29) is 11.4 Å². The van der Waals surface area contributed by atoms with Gasteiger partial charge in [-0.3, -0.25) is 0 Å². The Morgan fingerprint density at radius 1 is 1.30 bits per heavy atom. The third-order valence-electron chi connectivity index (χ3n) is 2.95. The molecule has 0 fully saturated rings. The Kier molecular flexibility index (Phi) is 3.12. The van der Waals surface area contributed by atoms with Crippen molar-refractivity contribution in [3.05, 3.63) is 23.8 Å². The van der Waals surface area contributed by atoms with E-state index >= 15 is 0 Å². The van der Waals surface area contributed by atoms with Crippen LogP contribution in [0.3, 0.4) is 0 Å². The third kappa shape index (κ3) is 2.18. The standard InChI is InChI=1S/C13H12F3N3O/c1-12(2,7-17)19-11(20-3)9-5-4-8(13(14,15)16)6-10(9)18-19/h4-6H,1-3H3. The summed E-state index contributed by atoms with van der Waals surface area (Å²) in [5, 5.41) is 13.6. The first-order valence-electron chi connectivity index (χ1n) is 5.76. The van der Waals surface area contributed by atoms with Crippen LogP contribution in [-0.2, 0) is 11.7 Å². The van der Waals surface area contributed by atoms with Crippen LogP contribution in [0.15, 0.2) is 18.2 Å². The van der Waals surface area contributed by atoms with Crippen LogP contribution in [0, 0.1) is 11.3 Å². The molecule has 0 unspecified atom stereocenters. The Morgan fingerprint density at radius 2 is 1.95 bits per heavy atom. The average Bonchev–Trinajstić information content (AvgIpc) is 2.75. The summed E-state index contributed by atoms with van der Waals surface area (Å²) in [4.78, 5) is 0. The van der Waals surface area contributed by atoms with Gasteiger partial charge in [-0.05, 0) is 32.0 Å². The Morgan fingerprint density at radius 3 is 2.45 bits per heavy atom. The van der Waals surface area contributed by atoms with E-state index in [1.807, 2.05) is 6.07 Å². The molecule has 0 aliphatic heterocycles. The first-order chi connectivity index (χ1) is 9.20. The number of hydrogen-bond donors (Lipinski definition) is 0. The molecule has 1 aromatic carbocycles. The molecular weight excluding hydrogens is 271 g/mol. The molecular formula is C13H12F3N3O. The van der Waals surface area contributed by atoms with Gasteiger partial charge < -0.3 is 4.74 Å². The maximum absolute atomic E-state index is 12.7. The second-order valence-electron chi connectivity index (χ2n) is 4.82. The van der Waals surface area contributed by atoms with Gasteiger partial charge in [-0.1, -0.05) is 0 Å². The van der Waals surface area contributed by atoms with E-state index in [2.05, 4.69) is 5.10 Å². The van der Waals surface area contributed by atoms with Gasteiger partial charge >= 0.3 is 6.18 Å². The number of nitriles is 1. The highest BCUT2D eigenvalue weighted by atomic mass is 19.4. The van der Waals surface area contributed by atoms with Crippen molar-refractivity contribution in [3.63, 3.8) is 0 Å². The number of halogens is 3. The van der Waals surface area contributed by atoms with Gasteiger partial charge in [-0.25, -0.2) is 4.68 Å². The number of nitrogens with zero attached hydrogens (tertiary/aromatic N) is 3. The average molecular weight is 283 g/mol. The predicted molar refractivity (Wildman–Crippen MR) is 66.2 cm³/mol. The summed E-state index contributed by atoms with van der Waals surface area (Å²) in [6.07, 6.45) is -4.43. The molecule has 1 aromatic heterocycles. The summed E-state index contributed by atoms with van der Waals surface area (Å²) in [5.41, 5.74) is -1.67. The van der Waals surface area contributed by atoms with Gasteiger partial charge in [-0.15, -0.1) is 0 Å². The van der Waals surface area contributed by atoms with Crippen molar-refractivity contribution < 1.29 is 17.9 Å². The summed E-state index contributed by atoms with van der Waals surface area (Å²) in [6.45, 7) is 3.21. The van der Waals surface area contributed by atoms with Gasteiger partial charge in [0.1, 0.15) is 5.54 Å². The van der Waals surface area contributed by atoms with Crippen LogP contribution < -0.4 is 4.74 Å². The van der Waals surface area contributed by atoms with E-state index in [0.29, 0.717) is 5.39 Å². The van der Waals surface area contributed by atoms with E-state index < -0.39 is 17.3 Å². The molecule has 0 bridgehead atoms. The molecule has 0 amide bonds. The molecule has 106 valence electrons. The number of fused-ring (bicyclic) bond motifs is 1. The smallest absolute Gasteiger partial charge is 0.416 e. The van der Waals surface area contributed by atoms with Gasteiger partial charge in [0.05, 0.1) is 29.6 Å². The van der Waals surface area contributed by atoms with Gasteiger partial charge in [0.15, 0.2) is 0 Å². The van der Waals surface area contributed by atoms with Crippen LogP contribution in [0.25, 0.3) is 10.9 Å². The molecule has 0 saturated heterocycles. The topological polar surface area (TPSA) is 50.8 Å². The van der Waals surface area contributed by atoms with E-state index in [1.165, 1.54) is 17.9 Å². The summed E-state index contributed by atoms with van der Waals surface area (Å²) in [5.74, 6) is 0.264. The van der Waals surface area contributed by atoms with Crippen molar-refractivity contribution in [1.82, 2.24) is 9.78 Å². The Bertz CT molecular complexity index is 695. The summed E-state index contributed by atoms with van der Waals surface area (Å²) >= 11 is 0. The first-order valence-corrected chi connectivity index (χ1v) is 5.76. The number of benzene rings is 1. The lowest BCUT2D eigenvalue weighted by molar-refractivity contribution is -0.137. The Hall–Kier alpha value is -2.23. The van der Waals surface area contributed by atoms with Gasteiger partial charge in [-0.2, -0.15) is 23.5 Å². The highest BCUT2D eigenvalue weighted by Gasteiger charge is 2.32. The van der Waals surface area contributed by atoms with Crippen LogP contribution in [0.5, 0.6) is 5.88 Å². The third-order valence-corrected chi connectivity index (χ3v) is 2.95. The molecule has 0 spiro atoms. The quantitative estimate of drug-likeness (QED) is 0.849. The molecule has 4 nitrogen and oxygen atoms in total. The van der Waals surface area contributed by atoms with Crippen molar-refractivity contribution in [3.8, 4) is 11.9 Å². The van der Waals surface area contributed by atoms with Gasteiger partial charge in [0.2, 0.25) is 5.88 Å². The van der Waals surface area contributed by atoms with E-state index in [9.17, 15) is 13.2 Å². The maximum Gasteiger partial charge on any atom is 0.416 e. The number of methoxy groups -OCH3 is 1. The second kappa shape index (κ2) is 4.40. The lowest BCUT2D eigenvalue weighted by atomic mass is 10.1. The summed E-state index contributed by atoms with van der Waals surface area (Å²) < 4.78 is 44.5. The SMILES string of the molecule is COc1c2ccc(C(F)(F)F)cc2nn1C(C)(C)C#N. The van der Waals surface area contributed by atoms with Gasteiger partial charge in [0, 0.05) is 0 Å². The molecule has 1 heterocycles. The van der Waals surface area contributed by atoms with Crippen LogP contribution in [-0.4, -0.2) is 16.9 Å². The lowest BCUT2D eigenvalue weighted by Crippen LogP contribution is -2.25. The number of rotatable bonds is 2. The zero-order valence-corrected chi connectivity index (χ0v) is 11.1. The molecule has 20 heavy (non-hydrogen) atoms. The Labute approximate surface area is 113 Å². The molecule has 0 aliphatic rings. The molecule has 0 radical (unpaired) electrons. The predicted octanol–water partition coefficient (Wildman–Crippen LogP) is 3.32. The molecule has 2 aromatic rings. The monoisotopic (exact) mass is 283 g/mol. The fourth-order valence-corrected chi connectivity index (χ4v) is 1.86. The minimum Gasteiger partial charge on any atom is -0.481 e. The molecule has 0 atom stereocenters. The zero-order chi connectivity index (χ0) is 15.1. The molecule has 0 aliphatic carbocycles. The van der Waals surface area contributed by atoms with Crippen LogP contribution >= 0.6 is 0 Å². The van der Waals surface area contributed by atoms with Crippen molar-refractivity contribution >= 4 is 10.9 Å². The van der Waals surface area contributed by atoms with E-state index in [1.54, 1.807) is 13.8 Å². The van der Waals surface area contributed by atoms with Gasteiger partial charge in [0.25, 0.3) is 0 Å². The lowest BCUT2D eigenvalue weighted by Gasteiger charge is -2.18. The molecule has 7 heteroatoms. The summed E-state index contributed by atoms with van der Waals surface area (Å²) in [7, 11) is 1.39. The number of aromatic nitrogens is 2. The first kappa shape index (κ1) is 14.2. The van der Waals surface area contributed by atoms with Crippen LogP contribution in [0.4, 0.5) is 13.2 Å². The maximum atomic E-state index is 12.7. The van der Waals surface area contributed by atoms with Crippen LogP contribution in [0.1, 0.15) is 19.4 Å². The second-order valence-corrected chi connectivity index (χ2v) is 4.82. The number of alkyl halides is 3. The van der Waals surface area contributed by atoms with Crippen molar-refractivity contribution in [2.24, 2.45) is 0 Å². The minimum absolute atomic E-state index is 0.139.